The van der Waals surface area contributed by atoms with E-state index in [0.29, 0.717) is 0 Å². The van der Waals surface area contributed by atoms with Crippen molar-refractivity contribution in [2.45, 2.75) is 38.6 Å². The van der Waals surface area contributed by atoms with Gasteiger partial charge in [-0.1, -0.05) is 11.6 Å². The average Bonchev–Trinajstić information content (AvgIpc) is 2.43. The van der Waals surface area contributed by atoms with E-state index in [1.54, 1.807) is 0 Å². The van der Waals surface area contributed by atoms with Gasteiger partial charge in [0.15, 0.2) is 0 Å². The molecule has 0 amide bonds. The predicted octanol–water partition coefficient (Wildman–Crippen LogP) is 4.15. The Hall–Kier alpha value is -1.67. The van der Waals surface area contributed by atoms with Crippen molar-refractivity contribution in [1.29, 1.82) is 0 Å². The minimum atomic E-state index is -4.68. The van der Waals surface area contributed by atoms with Gasteiger partial charge in [0.1, 0.15) is 6.10 Å². The number of nitrogens with two attached hydrogens (primary N) is 1. The van der Waals surface area contributed by atoms with Gasteiger partial charge in [-0.15, -0.1) is 0 Å². The lowest BCUT2D eigenvalue weighted by Gasteiger charge is -2.26. The van der Waals surface area contributed by atoms with Crippen molar-refractivity contribution in [3.8, 4) is 0 Å². The topological polar surface area (TPSA) is 73.6 Å². The van der Waals surface area contributed by atoms with Crippen LogP contribution in [0.3, 0.4) is 0 Å². The molecule has 0 heterocycles. The monoisotopic (exact) mass is 368 g/mol. The van der Waals surface area contributed by atoms with Gasteiger partial charge in [0.2, 0.25) is 0 Å². The molecule has 136 valence electrons. The molecule has 1 aromatic carbocycles. The number of anilines is 1. The number of alkyl halides is 3. The second kappa shape index (κ2) is 7.48. The molecule has 5 nitrogen and oxygen atoms in total. The molecule has 9 heteroatoms. The van der Waals surface area contributed by atoms with Crippen LogP contribution >= 0.6 is 11.6 Å². The van der Waals surface area contributed by atoms with E-state index < -0.39 is 29.7 Å². The Labute approximate surface area is 143 Å². The first-order chi connectivity index (χ1) is 10.8. The zero-order valence-electron chi connectivity index (χ0n) is 13.8. The highest BCUT2D eigenvalue weighted by atomic mass is 35.5. The normalized spacial score (nSPS) is 13.5. The molecule has 0 aliphatic heterocycles. The summed E-state index contributed by atoms with van der Waals surface area (Å²) in [4.78, 5) is 11.4. The fourth-order valence-corrected chi connectivity index (χ4v) is 2.08. The van der Waals surface area contributed by atoms with Crippen molar-refractivity contribution in [3.05, 3.63) is 28.3 Å². The highest BCUT2D eigenvalue weighted by Gasteiger charge is 2.35. The van der Waals surface area contributed by atoms with Crippen molar-refractivity contribution in [2.24, 2.45) is 0 Å². The third-order valence-corrected chi connectivity index (χ3v) is 3.36. The second-order valence-corrected chi connectivity index (χ2v) is 6.56. The molecule has 0 aliphatic rings. The molecular formula is C15H20ClF3N2O3. The summed E-state index contributed by atoms with van der Waals surface area (Å²) in [6.45, 7) is 5.65. The summed E-state index contributed by atoms with van der Waals surface area (Å²) in [5.74, 6) is 0. The van der Waals surface area contributed by atoms with Crippen molar-refractivity contribution >= 4 is 23.4 Å². The third-order valence-electron chi connectivity index (χ3n) is 3.05. The fraction of sp³-hybridized carbons (Fsp3) is 0.533. The van der Waals surface area contributed by atoms with E-state index in [4.69, 9.17) is 22.1 Å². The first-order valence-corrected chi connectivity index (χ1v) is 7.38. The van der Waals surface area contributed by atoms with Crippen LogP contribution in [0.1, 0.15) is 38.0 Å². The number of nitrogens with one attached hydrogen (secondary N) is 1. The van der Waals surface area contributed by atoms with Gasteiger partial charge < -0.3 is 20.5 Å². The maximum Gasteiger partial charge on any atom is 0.508 e. The number of benzene rings is 1. The minimum absolute atomic E-state index is 0.0590. The highest BCUT2D eigenvalue weighted by molar-refractivity contribution is 6.33. The lowest BCUT2D eigenvalue weighted by Crippen LogP contribution is -2.39. The summed E-state index contributed by atoms with van der Waals surface area (Å²) in [6.07, 6.45) is -6.73. The molecule has 0 saturated heterocycles. The smallest absolute Gasteiger partial charge is 0.438 e. The molecule has 24 heavy (non-hydrogen) atoms. The van der Waals surface area contributed by atoms with Gasteiger partial charge in [0, 0.05) is 12.1 Å². The van der Waals surface area contributed by atoms with E-state index in [-0.39, 0.29) is 22.7 Å². The predicted molar refractivity (Wildman–Crippen MR) is 84.9 cm³/mol. The zero-order chi connectivity index (χ0) is 18.7. The number of nitrogen functional groups attached to an aromatic ring is 1. The van der Waals surface area contributed by atoms with E-state index in [1.807, 2.05) is 20.8 Å². The number of ether oxygens (including phenoxy) is 2. The van der Waals surface area contributed by atoms with Gasteiger partial charge >= 0.3 is 12.3 Å². The number of hydrogen-bond donors (Lipinski definition) is 2. The van der Waals surface area contributed by atoms with Crippen molar-refractivity contribution in [3.63, 3.8) is 0 Å². The van der Waals surface area contributed by atoms with Crippen LogP contribution in [-0.4, -0.2) is 25.3 Å². The van der Waals surface area contributed by atoms with Crippen LogP contribution in [0.25, 0.3) is 0 Å². The largest absolute Gasteiger partial charge is 0.508 e. The van der Waals surface area contributed by atoms with Crippen LogP contribution in [0.4, 0.5) is 23.7 Å². The number of methoxy groups -OCH3 is 1. The van der Waals surface area contributed by atoms with Gasteiger partial charge in [-0.25, -0.2) is 4.79 Å². The Bertz CT molecular complexity index is 601. The molecule has 1 atom stereocenters. The van der Waals surface area contributed by atoms with E-state index in [2.05, 4.69) is 10.1 Å². The summed E-state index contributed by atoms with van der Waals surface area (Å²) in [6, 6.07) is 2.06. The summed E-state index contributed by atoms with van der Waals surface area (Å²) in [5, 5.41) is 2.78. The van der Waals surface area contributed by atoms with Gasteiger partial charge in [0.05, 0.1) is 23.4 Å². The van der Waals surface area contributed by atoms with Crippen molar-refractivity contribution < 1.29 is 27.4 Å². The van der Waals surface area contributed by atoms with Gasteiger partial charge in [-0.3, -0.25) is 0 Å². The Morgan fingerprint density at radius 3 is 2.38 bits per heavy atom. The van der Waals surface area contributed by atoms with Crippen LogP contribution in [0.5, 0.6) is 0 Å². The SMILES string of the molecule is COC(=O)OC(CNC(C)(C)C)c1cc(Cl)c(N)c(C(F)(F)F)c1. The molecule has 1 rings (SSSR count). The van der Waals surface area contributed by atoms with Gasteiger partial charge in [-0.2, -0.15) is 13.2 Å². The number of hydrogen-bond acceptors (Lipinski definition) is 5. The lowest BCUT2D eigenvalue weighted by atomic mass is 10.0. The number of carbonyl (C=O) groups excluding carboxylic acids is 1. The molecule has 0 aromatic heterocycles. The lowest BCUT2D eigenvalue weighted by molar-refractivity contribution is -0.137. The summed E-state index contributed by atoms with van der Waals surface area (Å²) < 4.78 is 48.7. The number of halogens is 4. The van der Waals surface area contributed by atoms with Crippen LogP contribution < -0.4 is 11.1 Å². The fourth-order valence-electron chi connectivity index (χ4n) is 1.85. The number of carbonyl (C=O) groups is 1. The Morgan fingerprint density at radius 1 is 1.33 bits per heavy atom. The van der Waals surface area contributed by atoms with Crippen molar-refractivity contribution in [1.82, 2.24) is 5.32 Å². The Balaban J connectivity index is 3.26. The summed E-state index contributed by atoms with van der Waals surface area (Å²) >= 11 is 5.81. The highest BCUT2D eigenvalue weighted by Crippen LogP contribution is 2.39. The van der Waals surface area contributed by atoms with E-state index in [0.717, 1.165) is 13.2 Å². The Kier molecular flexibility index (Phi) is 6.35. The van der Waals surface area contributed by atoms with E-state index in [1.165, 1.54) is 6.07 Å². The van der Waals surface area contributed by atoms with Gasteiger partial charge in [-0.05, 0) is 38.5 Å². The molecule has 0 saturated carbocycles. The average molecular weight is 369 g/mol. The maximum atomic E-state index is 13.1. The van der Waals surface area contributed by atoms with E-state index in [9.17, 15) is 18.0 Å². The molecule has 0 spiro atoms. The van der Waals surface area contributed by atoms with Crippen LogP contribution in [0, 0.1) is 0 Å². The standard InChI is InChI=1S/C15H20ClF3N2O3/c1-14(2,3)21-7-11(24-13(22)23-4)8-5-9(15(17,18)19)12(20)10(16)6-8/h5-6,11,21H,7,20H2,1-4H3. The van der Waals surface area contributed by atoms with Crippen LogP contribution in [-0.2, 0) is 15.7 Å². The van der Waals surface area contributed by atoms with E-state index >= 15 is 0 Å². The number of rotatable bonds is 4. The third kappa shape index (κ3) is 5.76. The zero-order valence-corrected chi connectivity index (χ0v) is 14.5. The first kappa shape index (κ1) is 20.4. The summed E-state index contributed by atoms with van der Waals surface area (Å²) in [7, 11) is 1.10. The van der Waals surface area contributed by atoms with Crippen LogP contribution in [0.2, 0.25) is 5.02 Å². The summed E-state index contributed by atoms with van der Waals surface area (Å²) in [5.41, 5.74) is 3.46. The molecule has 0 aliphatic carbocycles. The van der Waals surface area contributed by atoms with Gasteiger partial charge in [0.25, 0.3) is 0 Å². The maximum absolute atomic E-state index is 13.1. The quantitative estimate of drug-likeness (QED) is 0.617. The molecule has 1 unspecified atom stereocenters. The molecule has 0 fully saturated rings. The first-order valence-electron chi connectivity index (χ1n) is 7.01. The molecule has 0 radical (unpaired) electrons. The second-order valence-electron chi connectivity index (χ2n) is 6.15. The van der Waals surface area contributed by atoms with Crippen LogP contribution in [0.15, 0.2) is 12.1 Å². The van der Waals surface area contributed by atoms with Crippen molar-refractivity contribution in [2.75, 3.05) is 19.4 Å². The molecule has 0 bridgehead atoms. The molecule has 1 aromatic rings. The Morgan fingerprint density at radius 2 is 1.92 bits per heavy atom. The molecule has 3 N–H and O–H groups in total. The molecular weight excluding hydrogens is 349 g/mol. The minimum Gasteiger partial charge on any atom is -0.438 e.